The first-order valence-corrected chi connectivity index (χ1v) is 19.0. The van der Waals surface area contributed by atoms with Crippen molar-refractivity contribution in [2.24, 2.45) is 0 Å². The van der Waals surface area contributed by atoms with Crippen molar-refractivity contribution in [3.05, 3.63) is 0 Å². The van der Waals surface area contributed by atoms with Crippen molar-refractivity contribution in [3.63, 3.8) is 0 Å². The van der Waals surface area contributed by atoms with E-state index in [0.717, 1.165) is 50.7 Å². The summed E-state index contributed by atoms with van der Waals surface area (Å²) in [5.74, 6) is 0.977. The maximum absolute atomic E-state index is 12.3. The molecule has 0 spiro atoms. The van der Waals surface area contributed by atoms with Crippen LogP contribution in [0.4, 0.5) is 0 Å². The van der Waals surface area contributed by atoms with Crippen molar-refractivity contribution in [1.29, 1.82) is 0 Å². The SMILES string of the molecule is CCCCCCCCCCCC(=O)O[C@H](COP(=O)([O-])[O-])CSCCCCCCCCCCCCCCCOC=O.[Na+].[Na+]. The van der Waals surface area contributed by atoms with Crippen molar-refractivity contribution in [1.82, 2.24) is 0 Å². The van der Waals surface area contributed by atoms with Gasteiger partial charge >= 0.3 is 65.1 Å². The average Bonchev–Trinajstić information content (AvgIpc) is 2.93. The average molecular weight is 669 g/mol. The van der Waals surface area contributed by atoms with Crippen molar-refractivity contribution in [2.45, 2.75) is 161 Å². The largest absolute Gasteiger partial charge is 1.00 e. The van der Waals surface area contributed by atoms with Gasteiger partial charge in [-0.2, -0.15) is 11.8 Å². The molecule has 0 rings (SSSR count). The number of hydrogen-bond acceptors (Lipinski definition) is 9. The number of esters is 1. The van der Waals surface area contributed by atoms with Crippen molar-refractivity contribution in [2.75, 3.05) is 24.7 Å². The van der Waals surface area contributed by atoms with Gasteiger partial charge in [0, 0.05) is 12.2 Å². The van der Waals surface area contributed by atoms with E-state index in [4.69, 9.17) is 9.47 Å². The van der Waals surface area contributed by atoms with E-state index in [-0.39, 0.29) is 65.1 Å². The van der Waals surface area contributed by atoms with Gasteiger partial charge in [-0.1, -0.05) is 129 Å². The molecule has 0 radical (unpaired) electrons. The summed E-state index contributed by atoms with van der Waals surface area (Å²) in [4.78, 5) is 44.1. The van der Waals surface area contributed by atoms with Crippen LogP contribution in [0.25, 0.3) is 0 Å². The Morgan fingerprint density at radius 3 is 1.63 bits per heavy atom. The van der Waals surface area contributed by atoms with Crippen LogP contribution in [0.3, 0.4) is 0 Å². The smallest absolute Gasteiger partial charge is 0.790 e. The third kappa shape index (κ3) is 41.4. The summed E-state index contributed by atoms with van der Waals surface area (Å²) >= 11 is 1.61. The number of carbonyl (C=O) groups excluding carboxylic acids is 2. The van der Waals surface area contributed by atoms with Gasteiger partial charge in [0.05, 0.1) is 21.0 Å². The van der Waals surface area contributed by atoms with Crippen LogP contribution in [-0.2, 0) is 28.2 Å². The molecule has 0 heterocycles. The van der Waals surface area contributed by atoms with Crippen LogP contribution in [0, 0.1) is 0 Å². The fraction of sp³-hybridized carbons (Fsp3) is 0.935. The molecule has 0 fully saturated rings. The maximum atomic E-state index is 12.3. The van der Waals surface area contributed by atoms with E-state index in [1.165, 1.54) is 96.3 Å². The Labute approximate surface area is 311 Å². The first-order valence-electron chi connectivity index (χ1n) is 16.4. The molecule has 0 aromatic heterocycles. The van der Waals surface area contributed by atoms with E-state index in [1.807, 2.05) is 0 Å². The number of rotatable bonds is 33. The Hall–Kier alpha value is 1.40. The topological polar surface area (TPSA) is 125 Å². The van der Waals surface area contributed by atoms with Crippen LogP contribution in [0.2, 0.25) is 0 Å². The van der Waals surface area contributed by atoms with Crippen molar-refractivity contribution < 1.29 is 97.1 Å². The summed E-state index contributed by atoms with van der Waals surface area (Å²) < 4.78 is 25.5. The molecule has 12 heteroatoms. The van der Waals surface area contributed by atoms with Crippen molar-refractivity contribution in [3.8, 4) is 0 Å². The van der Waals surface area contributed by atoms with Gasteiger partial charge in [-0.15, -0.1) is 0 Å². The van der Waals surface area contributed by atoms with Gasteiger partial charge in [0.1, 0.15) is 6.10 Å². The molecule has 8 nitrogen and oxygen atoms in total. The second-order valence-corrected chi connectivity index (χ2v) is 13.4. The molecular formula is C31H59Na2O8PS. The second-order valence-electron chi connectivity index (χ2n) is 11.1. The number of ether oxygens (including phenoxy) is 2. The third-order valence-corrected chi connectivity index (χ3v) is 8.77. The Morgan fingerprint density at radius 2 is 1.16 bits per heavy atom. The standard InChI is InChI=1S/C31H61O8PS.2Na/c1-2-3-4-5-6-12-15-18-21-24-31(33)39-30(27-38-40(34,35)36)28-41-26-23-20-17-14-11-9-7-8-10-13-16-19-22-25-37-29-32;;/h29-30H,2-28H2,1H3,(H2,34,35,36);;/q;2*+1/p-2/t30-;;/m1../s1. The Kier molecular flexibility index (Phi) is 43.0. The summed E-state index contributed by atoms with van der Waals surface area (Å²) in [5, 5.41) is 0. The van der Waals surface area contributed by atoms with E-state index in [1.54, 1.807) is 11.8 Å². The van der Waals surface area contributed by atoms with E-state index in [2.05, 4.69) is 11.4 Å². The molecule has 0 amide bonds. The van der Waals surface area contributed by atoms with Gasteiger partial charge in [-0.25, -0.2) is 0 Å². The quantitative estimate of drug-likeness (QED) is 0.0338. The van der Waals surface area contributed by atoms with E-state index < -0.39 is 20.5 Å². The van der Waals surface area contributed by atoms with Gasteiger partial charge in [-0.05, 0) is 25.0 Å². The number of phosphoric acid groups is 1. The summed E-state index contributed by atoms with van der Waals surface area (Å²) in [6, 6.07) is 0. The van der Waals surface area contributed by atoms with Crippen LogP contribution >= 0.6 is 19.6 Å². The molecular weight excluding hydrogens is 609 g/mol. The molecule has 0 bridgehead atoms. The van der Waals surface area contributed by atoms with E-state index in [0.29, 0.717) is 25.3 Å². The molecule has 0 aliphatic rings. The third-order valence-electron chi connectivity index (χ3n) is 7.12. The van der Waals surface area contributed by atoms with Gasteiger partial charge in [0.25, 0.3) is 6.47 Å². The molecule has 1 atom stereocenters. The summed E-state index contributed by atoms with van der Waals surface area (Å²) in [7, 11) is -5.10. The van der Waals surface area contributed by atoms with Gasteiger partial charge in [0.2, 0.25) is 0 Å². The number of phosphoric ester groups is 1. The molecule has 0 aromatic carbocycles. The predicted octanol–water partition coefficient (Wildman–Crippen LogP) is 1.65. The maximum Gasteiger partial charge on any atom is 1.00 e. The van der Waals surface area contributed by atoms with Gasteiger partial charge in [-0.3, -0.25) is 9.59 Å². The summed E-state index contributed by atoms with van der Waals surface area (Å²) in [6.45, 7) is 2.87. The first kappa shape index (κ1) is 48.8. The van der Waals surface area contributed by atoms with Crippen LogP contribution in [0.5, 0.6) is 0 Å². The number of thioether (sulfide) groups is 1. The monoisotopic (exact) mass is 668 g/mol. The van der Waals surface area contributed by atoms with Crippen molar-refractivity contribution >= 4 is 32.0 Å². The molecule has 0 saturated heterocycles. The molecule has 0 unspecified atom stereocenters. The van der Waals surface area contributed by atoms with Crippen LogP contribution in [-0.4, -0.2) is 43.3 Å². The molecule has 0 N–H and O–H groups in total. The Balaban J connectivity index is -0.00000800. The van der Waals surface area contributed by atoms with E-state index in [9.17, 15) is 23.9 Å². The minimum Gasteiger partial charge on any atom is -0.790 e. The normalized spacial score (nSPS) is 11.8. The molecule has 0 saturated carbocycles. The van der Waals surface area contributed by atoms with Crippen LogP contribution in [0.1, 0.15) is 155 Å². The zero-order valence-electron chi connectivity index (χ0n) is 27.9. The minimum absolute atomic E-state index is 0. The molecule has 244 valence electrons. The van der Waals surface area contributed by atoms with E-state index >= 15 is 0 Å². The number of hydrogen-bond donors (Lipinski definition) is 0. The molecule has 0 aromatic rings. The number of unbranched alkanes of at least 4 members (excludes halogenated alkanes) is 20. The fourth-order valence-electron chi connectivity index (χ4n) is 4.71. The zero-order chi connectivity index (χ0) is 30.3. The fourth-order valence-corrected chi connectivity index (χ4v) is 6.06. The molecule has 0 aliphatic carbocycles. The second kappa shape index (κ2) is 37.9. The van der Waals surface area contributed by atoms with Crippen LogP contribution < -0.4 is 68.9 Å². The Bertz CT molecular complexity index is 643. The summed E-state index contributed by atoms with van der Waals surface area (Å²) in [6.07, 6.45) is 25.7. The molecule has 43 heavy (non-hydrogen) atoms. The molecule has 0 aliphatic heterocycles. The van der Waals surface area contributed by atoms with Gasteiger partial charge < -0.3 is 28.3 Å². The van der Waals surface area contributed by atoms with Gasteiger partial charge in [0.15, 0.2) is 0 Å². The predicted molar refractivity (Wildman–Crippen MR) is 165 cm³/mol. The number of carbonyl (C=O) groups is 2. The Morgan fingerprint density at radius 1 is 0.721 bits per heavy atom. The summed E-state index contributed by atoms with van der Waals surface area (Å²) in [5.41, 5.74) is 0. The minimum atomic E-state index is -5.10. The zero-order valence-corrected chi connectivity index (χ0v) is 33.6. The first-order chi connectivity index (χ1) is 19.9. The van der Waals surface area contributed by atoms with Crippen LogP contribution in [0.15, 0.2) is 0 Å².